The van der Waals surface area contributed by atoms with Gasteiger partial charge in [0.05, 0.1) is 5.02 Å². The molecule has 0 aliphatic carbocycles. The topological polar surface area (TPSA) is 51.8 Å². The molecule has 3 heterocycles. The van der Waals surface area contributed by atoms with Crippen molar-refractivity contribution in [1.29, 1.82) is 0 Å². The van der Waals surface area contributed by atoms with Crippen molar-refractivity contribution in [3.8, 4) is 22.2 Å². The fourth-order valence-corrected chi connectivity index (χ4v) is 2.44. The van der Waals surface area contributed by atoms with Crippen molar-refractivity contribution >= 4 is 22.9 Å². The van der Waals surface area contributed by atoms with Gasteiger partial charge in [0.1, 0.15) is 4.88 Å². The zero-order valence-electron chi connectivity index (χ0n) is 8.50. The predicted molar refractivity (Wildman–Crippen MR) is 65.9 cm³/mol. The zero-order valence-corrected chi connectivity index (χ0v) is 10.1. The number of hydrogen-bond donors (Lipinski definition) is 0. The summed E-state index contributed by atoms with van der Waals surface area (Å²) in [5.41, 5.74) is 0.864. The van der Waals surface area contributed by atoms with Crippen LogP contribution in [0.1, 0.15) is 0 Å². The Balaban J connectivity index is 2.02. The van der Waals surface area contributed by atoms with Gasteiger partial charge in [0.15, 0.2) is 0 Å². The summed E-state index contributed by atoms with van der Waals surface area (Å²) in [5.74, 6) is 0.976. The fourth-order valence-electron chi connectivity index (χ4n) is 1.38. The first-order valence-electron chi connectivity index (χ1n) is 4.82. The first-order chi connectivity index (χ1) is 8.34. The Labute approximate surface area is 106 Å². The normalized spacial score (nSPS) is 10.6. The molecule has 0 atom stereocenters. The lowest BCUT2D eigenvalue weighted by molar-refractivity contribution is 0.433. The van der Waals surface area contributed by atoms with Gasteiger partial charge in [-0.1, -0.05) is 16.8 Å². The van der Waals surface area contributed by atoms with E-state index >= 15 is 0 Å². The molecule has 0 amide bonds. The molecule has 4 nitrogen and oxygen atoms in total. The minimum atomic E-state index is 0.441. The van der Waals surface area contributed by atoms with E-state index in [1.54, 1.807) is 18.5 Å². The molecule has 0 spiro atoms. The van der Waals surface area contributed by atoms with E-state index in [4.69, 9.17) is 16.1 Å². The van der Waals surface area contributed by atoms with Gasteiger partial charge in [-0.3, -0.25) is 4.98 Å². The van der Waals surface area contributed by atoms with Crippen LogP contribution in [-0.4, -0.2) is 15.1 Å². The highest BCUT2D eigenvalue weighted by Gasteiger charge is 2.14. The van der Waals surface area contributed by atoms with Gasteiger partial charge < -0.3 is 4.52 Å². The fraction of sp³-hybridized carbons (Fsp3) is 0. The Morgan fingerprint density at radius 3 is 2.71 bits per heavy atom. The van der Waals surface area contributed by atoms with Gasteiger partial charge in [-0.2, -0.15) is 4.98 Å². The molecule has 0 saturated heterocycles. The molecule has 0 saturated carbocycles. The number of halogens is 1. The number of nitrogens with zero attached hydrogens (tertiary/aromatic N) is 3. The highest BCUT2D eigenvalue weighted by molar-refractivity contribution is 7.14. The lowest BCUT2D eigenvalue weighted by atomic mass is 10.2. The van der Waals surface area contributed by atoms with Crippen LogP contribution in [0.3, 0.4) is 0 Å². The maximum absolute atomic E-state index is 6.00. The van der Waals surface area contributed by atoms with Gasteiger partial charge >= 0.3 is 0 Å². The van der Waals surface area contributed by atoms with Crippen LogP contribution in [0, 0.1) is 0 Å². The Hall–Kier alpha value is -1.72. The van der Waals surface area contributed by atoms with Gasteiger partial charge in [-0.15, -0.1) is 11.3 Å². The van der Waals surface area contributed by atoms with E-state index in [0.29, 0.717) is 16.7 Å². The van der Waals surface area contributed by atoms with E-state index in [0.717, 1.165) is 10.4 Å². The Bertz CT molecular complexity index is 635. The third kappa shape index (κ3) is 1.94. The lowest BCUT2D eigenvalue weighted by Gasteiger charge is -1.90. The molecule has 0 bridgehead atoms. The molecule has 3 rings (SSSR count). The molecule has 84 valence electrons. The molecule has 0 aliphatic rings. The molecule has 17 heavy (non-hydrogen) atoms. The highest BCUT2D eigenvalue weighted by atomic mass is 35.5. The van der Waals surface area contributed by atoms with Gasteiger partial charge in [-0.05, 0) is 23.6 Å². The number of rotatable bonds is 2. The molecule has 6 heteroatoms. The maximum atomic E-state index is 6.00. The van der Waals surface area contributed by atoms with Gasteiger partial charge in [0, 0.05) is 18.0 Å². The van der Waals surface area contributed by atoms with E-state index in [1.165, 1.54) is 11.3 Å². The second kappa shape index (κ2) is 4.27. The highest BCUT2D eigenvalue weighted by Crippen LogP contribution is 2.32. The minimum Gasteiger partial charge on any atom is -0.333 e. The molecule has 0 fully saturated rings. The van der Waals surface area contributed by atoms with E-state index in [1.807, 2.05) is 17.5 Å². The summed E-state index contributed by atoms with van der Waals surface area (Å²) in [6.45, 7) is 0. The molecular weight excluding hydrogens is 258 g/mol. The van der Waals surface area contributed by atoms with Crippen molar-refractivity contribution in [3.63, 3.8) is 0 Å². The largest absolute Gasteiger partial charge is 0.333 e. The lowest BCUT2D eigenvalue weighted by Crippen LogP contribution is -1.80. The summed E-state index contributed by atoms with van der Waals surface area (Å²) in [6.07, 6.45) is 3.37. The summed E-state index contributed by atoms with van der Waals surface area (Å²) in [5, 5.41) is 6.43. The summed E-state index contributed by atoms with van der Waals surface area (Å²) >= 11 is 7.47. The Morgan fingerprint density at radius 1 is 1.18 bits per heavy atom. The van der Waals surface area contributed by atoms with E-state index < -0.39 is 0 Å². The third-order valence-corrected chi connectivity index (χ3v) is 3.51. The predicted octanol–water partition coefficient (Wildman–Crippen LogP) is 3.51. The number of aromatic nitrogens is 3. The number of hydrogen-bond acceptors (Lipinski definition) is 5. The van der Waals surface area contributed by atoms with Crippen LogP contribution < -0.4 is 0 Å². The van der Waals surface area contributed by atoms with E-state index in [2.05, 4.69) is 15.1 Å². The first kappa shape index (κ1) is 10.4. The van der Waals surface area contributed by atoms with Crippen LogP contribution in [0.25, 0.3) is 22.2 Å². The molecule has 0 aromatic carbocycles. The summed E-state index contributed by atoms with van der Waals surface area (Å²) < 4.78 is 5.19. The van der Waals surface area contributed by atoms with Gasteiger partial charge in [0.2, 0.25) is 5.82 Å². The van der Waals surface area contributed by atoms with E-state index in [-0.39, 0.29) is 0 Å². The average Bonchev–Trinajstić information content (AvgIpc) is 2.98. The molecule has 0 aliphatic heterocycles. The van der Waals surface area contributed by atoms with Crippen molar-refractivity contribution in [3.05, 3.63) is 41.0 Å². The van der Waals surface area contributed by atoms with E-state index in [9.17, 15) is 0 Å². The quantitative estimate of drug-likeness (QED) is 0.710. The number of thiophene rings is 1. The van der Waals surface area contributed by atoms with Crippen molar-refractivity contribution in [1.82, 2.24) is 15.1 Å². The molecule has 3 aromatic rings. The maximum Gasteiger partial charge on any atom is 0.269 e. The molecule has 0 N–H and O–H groups in total. The van der Waals surface area contributed by atoms with Crippen LogP contribution >= 0.6 is 22.9 Å². The zero-order chi connectivity index (χ0) is 11.7. The molecule has 0 radical (unpaired) electrons. The van der Waals surface area contributed by atoms with Crippen molar-refractivity contribution < 1.29 is 4.52 Å². The smallest absolute Gasteiger partial charge is 0.269 e. The third-order valence-electron chi connectivity index (χ3n) is 2.18. The van der Waals surface area contributed by atoms with Crippen LogP contribution in [0.15, 0.2) is 40.5 Å². The van der Waals surface area contributed by atoms with Crippen LogP contribution in [0.5, 0.6) is 0 Å². The van der Waals surface area contributed by atoms with Crippen molar-refractivity contribution in [2.45, 2.75) is 0 Å². The van der Waals surface area contributed by atoms with Crippen molar-refractivity contribution in [2.75, 3.05) is 0 Å². The van der Waals surface area contributed by atoms with Gasteiger partial charge in [0.25, 0.3) is 5.89 Å². The second-order valence-electron chi connectivity index (χ2n) is 3.26. The van der Waals surface area contributed by atoms with Crippen LogP contribution in [0.4, 0.5) is 0 Å². The Morgan fingerprint density at radius 2 is 2.00 bits per heavy atom. The summed E-state index contributed by atoms with van der Waals surface area (Å²) in [6, 6.07) is 5.45. The number of pyridine rings is 1. The SMILES string of the molecule is Clc1ccsc1-c1nc(-c2ccncc2)no1. The average molecular weight is 264 g/mol. The molecular formula is C11H6ClN3OS. The first-order valence-corrected chi connectivity index (χ1v) is 6.08. The van der Waals surface area contributed by atoms with Crippen LogP contribution in [-0.2, 0) is 0 Å². The van der Waals surface area contributed by atoms with Crippen molar-refractivity contribution in [2.24, 2.45) is 0 Å². The Kier molecular flexibility index (Phi) is 2.62. The summed E-state index contributed by atoms with van der Waals surface area (Å²) in [4.78, 5) is 9.03. The molecule has 3 aromatic heterocycles. The van der Waals surface area contributed by atoms with Gasteiger partial charge in [-0.25, -0.2) is 0 Å². The minimum absolute atomic E-state index is 0.441. The second-order valence-corrected chi connectivity index (χ2v) is 4.58. The monoisotopic (exact) mass is 263 g/mol. The standard InChI is InChI=1S/C11H6ClN3OS/c12-8-3-6-17-9(8)11-14-10(15-16-11)7-1-4-13-5-2-7/h1-6H. The summed E-state index contributed by atoms with van der Waals surface area (Å²) in [7, 11) is 0. The van der Waals surface area contributed by atoms with Crippen LogP contribution in [0.2, 0.25) is 5.02 Å². The molecule has 0 unspecified atom stereocenters.